The van der Waals surface area contributed by atoms with Crippen molar-refractivity contribution in [3.05, 3.63) is 51.5 Å². The molecule has 1 aromatic heterocycles. The Bertz CT molecular complexity index is 502. The first-order chi connectivity index (χ1) is 7.20. The Morgan fingerprint density at radius 2 is 2.00 bits per heavy atom. The van der Waals surface area contributed by atoms with Gasteiger partial charge >= 0.3 is 0 Å². The average Bonchev–Trinajstić information content (AvgIpc) is 2.64. The standard InChI is InChI=1S/C12H11NOS/c1-8-5-3-4-6-10(8)11(14)12-9(2)13-7-15-12/h3-7H,1-2H3. The van der Waals surface area contributed by atoms with Gasteiger partial charge in [0.05, 0.1) is 16.1 Å². The number of hydrogen-bond acceptors (Lipinski definition) is 3. The maximum absolute atomic E-state index is 12.1. The Labute approximate surface area is 92.6 Å². The molecule has 0 unspecified atom stereocenters. The molecule has 15 heavy (non-hydrogen) atoms. The first kappa shape index (κ1) is 10.1. The summed E-state index contributed by atoms with van der Waals surface area (Å²) < 4.78 is 0. The van der Waals surface area contributed by atoms with Gasteiger partial charge in [0.2, 0.25) is 5.78 Å². The van der Waals surface area contributed by atoms with E-state index in [1.165, 1.54) is 11.3 Å². The van der Waals surface area contributed by atoms with E-state index in [0.29, 0.717) is 0 Å². The SMILES string of the molecule is Cc1ccccc1C(=O)c1scnc1C. The first-order valence-electron chi connectivity index (χ1n) is 4.70. The molecular formula is C12H11NOS. The molecule has 0 amide bonds. The van der Waals surface area contributed by atoms with Gasteiger partial charge in [-0.15, -0.1) is 11.3 Å². The molecule has 0 aliphatic rings. The van der Waals surface area contributed by atoms with Crippen molar-refractivity contribution in [1.82, 2.24) is 4.98 Å². The Morgan fingerprint density at radius 3 is 2.60 bits per heavy atom. The monoisotopic (exact) mass is 217 g/mol. The number of nitrogens with zero attached hydrogens (tertiary/aromatic N) is 1. The zero-order valence-corrected chi connectivity index (χ0v) is 9.47. The van der Waals surface area contributed by atoms with Gasteiger partial charge in [0.1, 0.15) is 0 Å². The van der Waals surface area contributed by atoms with Crippen LogP contribution in [0.3, 0.4) is 0 Å². The van der Waals surface area contributed by atoms with Gasteiger partial charge in [-0.3, -0.25) is 4.79 Å². The smallest absolute Gasteiger partial charge is 0.205 e. The van der Waals surface area contributed by atoms with Crippen LogP contribution in [0.25, 0.3) is 0 Å². The summed E-state index contributed by atoms with van der Waals surface area (Å²) in [5.41, 5.74) is 4.30. The third-order valence-corrected chi connectivity index (χ3v) is 3.27. The number of carbonyl (C=O) groups excluding carboxylic acids is 1. The molecule has 3 heteroatoms. The molecule has 1 heterocycles. The van der Waals surface area contributed by atoms with E-state index in [2.05, 4.69) is 4.98 Å². The van der Waals surface area contributed by atoms with Crippen molar-refractivity contribution < 1.29 is 4.79 Å². The molecule has 0 radical (unpaired) electrons. The molecule has 2 nitrogen and oxygen atoms in total. The third kappa shape index (κ3) is 1.83. The average molecular weight is 217 g/mol. The molecule has 0 saturated heterocycles. The molecule has 2 rings (SSSR count). The van der Waals surface area contributed by atoms with Crippen LogP contribution in [0.2, 0.25) is 0 Å². The molecule has 0 aliphatic carbocycles. The summed E-state index contributed by atoms with van der Waals surface area (Å²) in [5, 5.41) is 0. The normalized spacial score (nSPS) is 10.3. The van der Waals surface area contributed by atoms with Crippen molar-refractivity contribution in [2.45, 2.75) is 13.8 Å². The van der Waals surface area contributed by atoms with Gasteiger partial charge in [-0.05, 0) is 19.4 Å². The second kappa shape index (κ2) is 3.95. The number of rotatable bonds is 2. The fourth-order valence-electron chi connectivity index (χ4n) is 1.47. The van der Waals surface area contributed by atoms with Crippen LogP contribution >= 0.6 is 11.3 Å². The number of hydrogen-bond donors (Lipinski definition) is 0. The minimum absolute atomic E-state index is 0.0769. The van der Waals surface area contributed by atoms with Crippen molar-refractivity contribution >= 4 is 17.1 Å². The lowest BCUT2D eigenvalue weighted by Gasteiger charge is -2.02. The lowest BCUT2D eigenvalue weighted by molar-refractivity contribution is 0.104. The van der Waals surface area contributed by atoms with Gasteiger partial charge in [0, 0.05) is 5.56 Å². The molecule has 0 fully saturated rings. The molecule has 0 saturated carbocycles. The van der Waals surface area contributed by atoms with Crippen LogP contribution < -0.4 is 0 Å². The molecule has 76 valence electrons. The fraction of sp³-hybridized carbons (Fsp3) is 0.167. The highest BCUT2D eigenvalue weighted by molar-refractivity contribution is 7.12. The molecule has 0 spiro atoms. The topological polar surface area (TPSA) is 30.0 Å². The van der Waals surface area contributed by atoms with E-state index in [-0.39, 0.29) is 5.78 Å². The number of benzene rings is 1. The molecule has 0 aliphatic heterocycles. The molecule has 0 atom stereocenters. The number of ketones is 1. The minimum Gasteiger partial charge on any atom is -0.288 e. The van der Waals surface area contributed by atoms with Gasteiger partial charge in [-0.2, -0.15) is 0 Å². The van der Waals surface area contributed by atoms with Crippen LogP contribution in [-0.2, 0) is 0 Å². The van der Waals surface area contributed by atoms with E-state index in [4.69, 9.17) is 0 Å². The Kier molecular flexibility index (Phi) is 2.64. The number of aryl methyl sites for hydroxylation is 2. The van der Waals surface area contributed by atoms with Gasteiger partial charge in [-0.1, -0.05) is 24.3 Å². The first-order valence-corrected chi connectivity index (χ1v) is 5.58. The van der Waals surface area contributed by atoms with Crippen molar-refractivity contribution in [3.63, 3.8) is 0 Å². The predicted octanol–water partition coefficient (Wildman–Crippen LogP) is 2.99. The Morgan fingerprint density at radius 1 is 1.27 bits per heavy atom. The van der Waals surface area contributed by atoms with Crippen molar-refractivity contribution in [2.24, 2.45) is 0 Å². The second-order valence-electron chi connectivity index (χ2n) is 3.41. The van der Waals surface area contributed by atoms with Crippen molar-refractivity contribution in [3.8, 4) is 0 Å². The van der Waals surface area contributed by atoms with Gasteiger partial charge in [-0.25, -0.2) is 4.98 Å². The van der Waals surface area contributed by atoms with Gasteiger partial charge < -0.3 is 0 Å². The van der Waals surface area contributed by atoms with Crippen molar-refractivity contribution in [2.75, 3.05) is 0 Å². The second-order valence-corrected chi connectivity index (χ2v) is 4.27. The number of carbonyl (C=O) groups is 1. The zero-order chi connectivity index (χ0) is 10.8. The highest BCUT2D eigenvalue weighted by Crippen LogP contribution is 2.19. The van der Waals surface area contributed by atoms with E-state index < -0.39 is 0 Å². The summed E-state index contributed by atoms with van der Waals surface area (Å²) in [4.78, 5) is 17.0. The van der Waals surface area contributed by atoms with E-state index in [1.54, 1.807) is 5.51 Å². The van der Waals surface area contributed by atoms with Crippen LogP contribution in [-0.4, -0.2) is 10.8 Å². The summed E-state index contributed by atoms with van der Waals surface area (Å²) in [6.07, 6.45) is 0. The quantitative estimate of drug-likeness (QED) is 0.724. The Balaban J connectivity index is 2.46. The van der Waals surface area contributed by atoms with Crippen LogP contribution in [0.5, 0.6) is 0 Å². The summed E-state index contributed by atoms with van der Waals surface area (Å²) in [7, 11) is 0. The number of thiazole rings is 1. The minimum atomic E-state index is 0.0769. The summed E-state index contributed by atoms with van der Waals surface area (Å²) in [6.45, 7) is 3.81. The number of aromatic nitrogens is 1. The van der Waals surface area contributed by atoms with E-state index in [1.807, 2.05) is 38.1 Å². The van der Waals surface area contributed by atoms with E-state index in [9.17, 15) is 4.79 Å². The van der Waals surface area contributed by atoms with E-state index >= 15 is 0 Å². The molecule has 1 aromatic carbocycles. The summed E-state index contributed by atoms with van der Waals surface area (Å²) in [5.74, 6) is 0.0769. The van der Waals surface area contributed by atoms with Crippen LogP contribution in [0.1, 0.15) is 26.5 Å². The highest BCUT2D eigenvalue weighted by Gasteiger charge is 2.15. The zero-order valence-electron chi connectivity index (χ0n) is 8.65. The van der Waals surface area contributed by atoms with Crippen molar-refractivity contribution in [1.29, 1.82) is 0 Å². The summed E-state index contributed by atoms with van der Waals surface area (Å²) in [6, 6.07) is 7.63. The predicted molar refractivity (Wildman–Crippen MR) is 61.5 cm³/mol. The maximum Gasteiger partial charge on any atom is 0.205 e. The maximum atomic E-state index is 12.1. The largest absolute Gasteiger partial charge is 0.288 e. The molecular weight excluding hydrogens is 206 g/mol. The Hall–Kier alpha value is -1.48. The van der Waals surface area contributed by atoms with E-state index in [0.717, 1.165) is 21.7 Å². The summed E-state index contributed by atoms with van der Waals surface area (Å²) >= 11 is 1.40. The lowest BCUT2D eigenvalue weighted by Crippen LogP contribution is -2.02. The van der Waals surface area contributed by atoms with Crippen LogP contribution in [0, 0.1) is 13.8 Å². The highest BCUT2D eigenvalue weighted by atomic mass is 32.1. The third-order valence-electron chi connectivity index (χ3n) is 2.34. The molecule has 2 aromatic rings. The fourth-order valence-corrected chi connectivity index (χ4v) is 2.23. The van der Waals surface area contributed by atoms with Crippen LogP contribution in [0.4, 0.5) is 0 Å². The van der Waals surface area contributed by atoms with Gasteiger partial charge in [0.15, 0.2) is 0 Å². The lowest BCUT2D eigenvalue weighted by atomic mass is 10.0. The van der Waals surface area contributed by atoms with Gasteiger partial charge in [0.25, 0.3) is 0 Å². The molecule has 0 bridgehead atoms. The van der Waals surface area contributed by atoms with Crippen LogP contribution in [0.15, 0.2) is 29.8 Å². The molecule has 0 N–H and O–H groups in total.